The summed E-state index contributed by atoms with van der Waals surface area (Å²) in [7, 11) is 0. The zero-order valence-corrected chi connectivity index (χ0v) is 13.3. The minimum Gasteiger partial charge on any atom is -0.311 e. The molecule has 0 aromatic rings. The molecule has 1 rings (SSSR count). The highest BCUT2D eigenvalue weighted by Gasteiger charge is 2.27. The molecule has 1 atom stereocenters. The molecule has 2 heteroatoms. The largest absolute Gasteiger partial charge is 0.311 e. The van der Waals surface area contributed by atoms with E-state index in [-0.39, 0.29) is 0 Å². The number of unbranched alkanes of at least 4 members (excludes halogenated alkanes) is 2. The fourth-order valence-corrected chi connectivity index (χ4v) is 2.90. The van der Waals surface area contributed by atoms with Gasteiger partial charge in [-0.3, -0.25) is 4.90 Å². The van der Waals surface area contributed by atoms with Crippen molar-refractivity contribution in [2.45, 2.75) is 90.8 Å². The van der Waals surface area contributed by atoms with Crippen LogP contribution in [0.5, 0.6) is 0 Å². The molecule has 0 aliphatic carbocycles. The second kappa shape index (κ2) is 7.49. The van der Waals surface area contributed by atoms with E-state index in [4.69, 9.17) is 0 Å². The molecular formula is C16H34N2. The van der Waals surface area contributed by atoms with Crippen LogP contribution in [0.2, 0.25) is 0 Å². The minimum absolute atomic E-state index is 0.345. The maximum atomic E-state index is 3.82. The van der Waals surface area contributed by atoms with Gasteiger partial charge in [0.1, 0.15) is 0 Å². The Morgan fingerprint density at radius 2 is 1.78 bits per heavy atom. The van der Waals surface area contributed by atoms with Gasteiger partial charge in [-0.2, -0.15) is 0 Å². The molecule has 18 heavy (non-hydrogen) atoms. The number of nitrogens with one attached hydrogen (secondary N) is 1. The molecule has 0 bridgehead atoms. The Bertz CT molecular complexity index is 212. The van der Waals surface area contributed by atoms with Crippen LogP contribution >= 0.6 is 0 Å². The molecule has 1 aliphatic heterocycles. The summed E-state index contributed by atoms with van der Waals surface area (Å²) in [5.41, 5.74) is 0.345. The summed E-state index contributed by atoms with van der Waals surface area (Å²) >= 11 is 0. The Morgan fingerprint density at radius 1 is 1.17 bits per heavy atom. The van der Waals surface area contributed by atoms with E-state index in [9.17, 15) is 0 Å². The van der Waals surface area contributed by atoms with Crippen molar-refractivity contribution < 1.29 is 0 Å². The topological polar surface area (TPSA) is 15.3 Å². The lowest BCUT2D eigenvalue weighted by molar-refractivity contribution is 0.0939. The predicted molar refractivity (Wildman–Crippen MR) is 81.1 cm³/mol. The molecule has 1 fully saturated rings. The Morgan fingerprint density at radius 3 is 2.28 bits per heavy atom. The van der Waals surface area contributed by atoms with Crippen molar-refractivity contribution in [1.29, 1.82) is 0 Å². The molecule has 1 heterocycles. The Balaban J connectivity index is 2.19. The zero-order valence-electron chi connectivity index (χ0n) is 13.3. The van der Waals surface area contributed by atoms with E-state index in [1.165, 1.54) is 51.6 Å². The van der Waals surface area contributed by atoms with Gasteiger partial charge in [-0.1, -0.05) is 26.2 Å². The highest BCUT2D eigenvalue weighted by atomic mass is 15.2. The van der Waals surface area contributed by atoms with Crippen LogP contribution in [-0.4, -0.2) is 35.6 Å². The third-order valence-corrected chi connectivity index (χ3v) is 4.20. The van der Waals surface area contributed by atoms with Gasteiger partial charge < -0.3 is 5.32 Å². The van der Waals surface area contributed by atoms with Crippen LogP contribution in [0, 0.1) is 0 Å². The smallest absolute Gasteiger partial charge is 0.0125 e. The minimum atomic E-state index is 0.345. The van der Waals surface area contributed by atoms with E-state index in [1.54, 1.807) is 0 Å². The third-order valence-electron chi connectivity index (χ3n) is 4.20. The first-order chi connectivity index (χ1) is 8.43. The van der Waals surface area contributed by atoms with Crippen LogP contribution in [0.1, 0.15) is 73.1 Å². The number of likely N-dealkylation sites (tertiary alicyclic amines) is 1. The SMILES string of the molecule is CCCCCC(C)NC1CCN(C(C)(C)C)CC1. The fourth-order valence-electron chi connectivity index (χ4n) is 2.90. The van der Waals surface area contributed by atoms with Crippen LogP contribution < -0.4 is 5.32 Å². The van der Waals surface area contributed by atoms with Gasteiger partial charge in [0.05, 0.1) is 0 Å². The molecule has 0 aromatic carbocycles. The molecule has 108 valence electrons. The van der Waals surface area contributed by atoms with E-state index in [0.29, 0.717) is 11.6 Å². The number of rotatable bonds is 6. The summed E-state index contributed by atoms with van der Waals surface area (Å²) < 4.78 is 0. The lowest BCUT2D eigenvalue weighted by Gasteiger charge is -2.41. The summed E-state index contributed by atoms with van der Waals surface area (Å²) in [6.07, 6.45) is 8.06. The summed E-state index contributed by atoms with van der Waals surface area (Å²) in [4.78, 5) is 2.62. The normalized spacial score (nSPS) is 21.2. The highest BCUT2D eigenvalue weighted by Crippen LogP contribution is 2.20. The fraction of sp³-hybridized carbons (Fsp3) is 1.00. The first-order valence-electron chi connectivity index (χ1n) is 7.94. The van der Waals surface area contributed by atoms with Crippen LogP contribution in [0.15, 0.2) is 0 Å². The van der Waals surface area contributed by atoms with Crippen LogP contribution in [0.3, 0.4) is 0 Å². The van der Waals surface area contributed by atoms with Gasteiger partial charge in [-0.15, -0.1) is 0 Å². The van der Waals surface area contributed by atoms with Crippen LogP contribution in [0.4, 0.5) is 0 Å². The summed E-state index contributed by atoms with van der Waals surface area (Å²) in [5, 5.41) is 3.82. The van der Waals surface area contributed by atoms with E-state index < -0.39 is 0 Å². The molecule has 1 N–H and O–H groups in total. The van der Waals surface area contributed by atoms with Gasteiger partial charge in [0, 0.05) is 30.7 Å². The van der Waals surface area contributed by atoms with Gasteiger partial charge in [0.15, 0.2) is 0 Å². The zero-order chi connectivity index (χ0) is 13.6. The van der Waals surface area contributed by atoms with Crippen molar-refractivity contribution in [3.8, 4) is 0 Å². The molecule has 1 unspecified atom stereocenters. The molecular weight excluding hydrogens is 220 g/mol. The number of hydrogen-bond donors (Lipinski definition) is 1. The van der Waals surface area contributed by atoms with Crippen molar-refractivity contribution in [2.24, 2.45) is 0 Å². The lowest BCUT2D eigenvalue weighted by Crippen LogP contribution is -2.51. The highest BCUT2D eigenvalue weighted by molar-refractivity contribution is 4.85. The quantitative estimate of drug-likeness (QED) is 0.725. The van der Waals surface area contributed by atoms with E-state index in [2.05, 4.69) is 44.8 Å². The maximum Gasteiger partial charge on any atom is 0.0125 e. The van der Waals surface area contributed by atoms with Gasteiger partial charge in [-0.05, 0) is 47.0 Å². The number of piperidine rings is 1. The second-order valence-electron chi connectivity index (χ2n) is 7.00. The summed E-state index contributed by atoms with van der Waals surface area (Å²) in [5.74, 6) is 0. The van der Waals surface area contributed by atoms with Gasteiger partial charge in [-0.25, -0.2) is 0 Å². The summed E-state index contributed by atoms with van der Waals surface area (Å²) in [6.45, 7) is 14.1. The molecule has 0 spiro atoms. The average Bonchev–Trinajstić information content (AvgIpc) is 2.29. The lowest BCUT2D eigenvalue weighted by atomic mass is 9.97. The molecule has 0 saturated carbocycles. The van der Waals surface area contributed by atoms with E-state index >= 15 is 0 Å². The number of hydrogen-bond acceptors (Lipinski definition) is 2. The third kappa shape index (κ3) is 5.71. The molecule has 1 saturated heterocycles. The van der Waals surface area contributed by atoms with Crippen molar-refractivity contribution in [3.63, 3.8) is 0 Å². The number of nitrogens with zero attached hydrogens (tertiary/aromatic N) is 1. The van der Waals surface area contributed by atoms with Gasteiger partial charge in [0.25, 0.3) is 0 Å². The van der Waals surface area contributed by atoms with Crippen molar-refractivity contribution in [3.05, 3.63) is 0 Å². The Labute approximate surface area is 115 Å². The molecule has 1 aliphatic rings. The Kier molecular flexibility index (Phi) is 6.65. The Hall–Kier alpha value is -0.0800. The van der Waals surface area contributed by atoms with Crippen molar-refractivity contribution >= 4 is 0 Å². The standard InChI is InChI=1S/C16H34N2/c1-6-7-8-9-14(2)17-15-10-12-18(13-11-15)16(3,4)5/h14-15,17H,6-13H2,1-5H3. The maximum absolute atomic E-state index is 3.82. The molecule has 0 amide bonds. The average molecular weight is 254 g/mol. The van der Waals surface area contributed by atoms with Crippen molar-refractivity contribution in [1.82, 2.24) is 10.2 Å². The van der Waals surface area contributed by atoms with Crippen molar-refractivity contribution in [2.75, 3.05) is 13.1 Å². The first-order valence-corrected chi connectivity index (χ1v) is 7.94. The summed E-state index contributed by atoms with van der Waals surface area (Å²) in [6, 6.07) is 1.45. The van der Waals surface area contributed by atoms with E-state index in [1.807, 2.05) is 0 Å². The van der Waals surface area contributed by atoms with E-state index in [0.717, 1.165) is 6.04 Å². The van der Waals surface area contributed by atoms with Gasteiger partial charge >= 0.3 is 0 Å². The monoisotopic (exact) mass is 254 g/mol. The molecule has 0 aromatic heterocycles. The molecule has 0 radical (unpaired) electrons. The van der Waals surface area contributed by atoms with Crippen LogP contribution in [0.25, 0.3) is 0 Å². The first kappa shape index (κ1) is 16.0. The second-order valence-corrected chi connectivity index (χ2v) is 7.00. The predicted octanol–water partition coefficient (Wildman–Crippen LogP) is 3.81. The van der Waals surface area contributed by atoms with Gasteiger partial charge in [0.2, 0.25) is 0 Å². The van der Waals surface area contributed by atoms with Crippen LogP contribution in [-0.2, 0) is 0 Å². The molecule has 2 nitrogen and oxygen atoms in total.